The number of rotatable bonds is 5. The number of nitrogens with one attached hydrogen (secondary N) is 2. The Bertz CT molecular complexity index is 1160. The molecule has 2 N–H and O–H groups in total. The van der Waals surface area contributed by atoms with E-state index in [1.165, 1.54) is 11.0 Å². The molecule has 164 valence electrons. The van der Waals surface area contributed by atoms with Crippen LogP contribution < -0.4 is 16.2 Å². The van der Waals surface area contributed by atoms with Gasteiger partial charge in [0.15, 0.2) is 0 Å². The Kier molecular flexibility index (Phi) is 6.85. The second-order valence-electron chi connectivity index (χ2n) is 7.91. The fourth-order valence-electron chi connectivity index (χ4n) is 3.89. The van der Waals surface area contributed by atoms with Crippen LogP contribution in [-0.4, -0.2) is 22.4 Å². The van der Waals surface area contributed by atoms with Crippen LogP contribution in [-0.2, 0) is 0 Å². The molecule has 0 unspecified atom stereocenters. The molecule has 0 saturated heterocycles. The van der Waals surface area contributed by atoms with E-state index in [1.54, 1.807) is 54.7 Å². The predicted molar refractivity (Wildman–Crippen MR) is 128 cm³/mol. The molecular formula is C25H24BrN3O3. The fourth-order valence-corrected chi connectivity index (χ4v) is 4.15. The summed E-state index contributed by atoms with van der Waals surface area (Å²) < 4.78 is 2.34. The first-order chi connectivity index (χ1) is 15.5. The van der Waals surface area contributed by atoms with Gasteiger partial charge in [0, 0.05) is 33.6 Å². The number of carbonyl (C=O) groups is 2. The largest absolute Gasteiger partial charge is 0.349 e. The Balaban J connectivity index is 1.48. The van der Waals surface area contributed by atoms with Crippen molar-refractivity contribution in [2.24, 2.45) is 0 Å². The highest BCUT2D eigenvalue weighted by molar-refractivity contribution is 9.10. The number of anilines is 1. The molecule has 2 amide bonds. The second-order valence-corrected chi connectivity index (χ2v) is 8.83. The lowest BCUT2D eigenvalue weighted by atomic mass is 9.95. The van der Waals surface area contributed by atoms with Crippen molar-refractivity contribution in [1.29, 1.82) is 0 Å². The minimum absolute atomic E-state index is 0.130. The zero-order valence-corrected chi connectivity index (χ0v) is 19.1. The molecule has 4 rings (SSSR count). The van der Waals surface area contributed by atoms with Gasteiger partial charge in [-0.15, -0.1) is 0 Å². The van der Waals surface area contributed by atoms with Crippen LogP contribution in [0.4, 0.5) is 5.69 Å². The summed E-state index contributed by atoms with van der Waals surface area (Å²) in [5.41, 5.74) is 1.54. The molecule has 7 heteroatoms. The number of amides is 2. The van der Waals surface area contributed by atoms with Crippen molar-refractivity contribution >= 4 is 33.4 Å². The number of benzene rings is 2. The highest BCUT2D eigenvalue weighted by Gasteiger charge is 2.19. The monoisotopic (exact) mass is 493 g/mol. The van der Waals surface area contributed by atoms with E-state index in [-0.39, 0.29) is 29.0 Å². The SMILES string of the molecule is O=C(Nc1ccc(-n2cccc(C(=O)NC3CCCCC3)c2=O)cc1)c1ccc(Br)cc1. The van der Waals surface area contributed by atoms with E-state index >= 15 is 0 Å². The van der Waals surface area contributed by atoms with E-state index in [0.717, 1.165) is 30.2 Å². The van der Waals surface area contributed by atoms with Crippen molar-refractivity contribution in [1.82, 2.24) is 9.88 Å². The van der Waals surface area contributed by atoms with E-state index < -0.39 is 0 Å². The minimum atomic E-state index is -0.368. The van der Waals surface area contributed by atoms with Crippen LogP contribution in [0, 0.1) is 0 Å². The number of pyridine rings is 1. The summed E-state index contributed by atoms with van der Waals surface area (Å²) in [5, 5.41) is 5.84. The molecule has 1 aromatic heterocycles. The van der Waals surface area contributed by atoms with Crippen LogP contribution in [0.1, 0.15) is 52.8 Å². The predicted octanol–water partition coefficient (Wildman–Crippen LogP) is 4.91. The summed E-state index contributed by atoms with van der Waals surface area (Å²) in [7, 11) is 0. The molecule has 0 radical (unpaired) electrons. The van der Waals surface area contributed by atoms with Crippen molar-refractivity contribution in [2.75, 3.05) is 5.32 Å². The number of nitrogens with zero attached hydrogens (tertiary/aromatic N) is 1. The van der Waals surface area contributed by atoms with Gasteiger partial charge in [-0.25, -0.2) is 0 Å². The zero-order valence-electron chi connectivity index (χ0n) is 17.5. The maximum absolute atomic E-state index is 13.0. The summed E-state index contributed by atoms with van der Waals surface area (Å²) in [4.78, 5) is 38.0. The smallest absolute Gasteiger partial charge is 0.267 e. The summed E-state index contributed by atoms with van der Waals surface area (Å²) in [5.74, 6) is -0.543. The van der Waals surface area contributed by atoms with E-state index in [2.05, 4.69) is 26.6 Å². The van der Waals surface area contributed by atoms with Crippen LogP contribution in [0.25, 0.3) is 5.69 Å². The molecule has 1 saturated carbocycles. The van der Waals surface area contributed by atoms with Crippen molar-refractivity contribution in [2.45, 2.75) is 38.1 Å². The molecule has 0 spiro atoms. The minimum Gasteiger partial charge on any atom is -0.349 e. The van der Waals surface area contributed by atoms with Gasteiger partial charge < -0.3 is 10.6 Å². The first-order valence-electron chi connectivity index (χ1n) is 10.7. The second kappa shape index (κ2) is 9.96. The third-order valence-electron chi connectivity index (χ3n) is 5.64. The average Bonchev–Trinajstić information content (AvgIpc) is 2.81. The molecule has 32 heavy (non-hydrogen) atoms. The molecule has 0 aliphatic heterocycles. The lowest BCUT2D eigenvalue weighted by molar-refractivity contribution is 0.0925. The number of halogens is 1. The van der Waals surface area contributed by atoms with E-state index in [9.17, 15) is 14.4 Å². The molecule has 1 heterocycles. The van der Waals surface area contributed by atoms with Crippen molar-refractivity contribution in [3.8, 4) is 5.69 Å². The van der Waals surface area contributed by atoms with E-state index in [0.29, 0.717) is 16.9 Å². The number of hydrogen-bond acceptors (Lipinski definition) is 3. The van der Waals surface area contributed by atoms with Gasteiger partial charge >= 0.3 is 0 Å². The zero-order chi connectivity index (χ0) is 22.5. The summed E-state index contributed by atoms with van der Waals surface area (Å²) in [6, 6.07) is 17.4. The quantitative estimate of drug-likeness (QED) is 0.529. The van der Waals surface area contributed by atoms with Gasteiger partial charge in [0.05, 0.1) is 0 Å². The molecule has 0 atom stereocenters. The lowest BCUT2D eigenvalue weighted by Gasteiger charge is -2.22. The molecule has 1 fully saturated rings. The number of hydrogen-bond donors (Lipinski definition) is 2. The maximum Gasteiger partial charge on any atom is 0.267 e. The molecule has 3 aromatic rings. The van der Waals surface area contributed by atoms with Crippen molar-refractivity contribution in [3.63, 3.8) is 0 Å². The Hall–Kier alpha value is -3.19. The van der Waals surface area contributed by atoms with Gasteiger partial charge in [-0.3, -0.25) is 19.0 Å². The highest BCUT2D eigenvalue weighted by Crippen LogP contribution is 2.18. The molecule has 0 bridgehead atoms. The first kappa shape index (κ1) is 22.0. The summed E-state index contributed by atoms with van der Waals surface area (Å²) >= 11 is 3.35. The van der Waals surface area contributed by atoms with Gasteiger partial charge in [0.1, 0.15) is 5.56 Å². The molecule has 1 aliphatic carbocycles. The van der Waals surface area contributed by atoms with Gasteiger partial charge in [0.2, 0.25) is 0 Å². The first-order valence-corrected chi connectivity index (χ1v) is 11.5. The van der Waals surface area contributed by atoms with Gasteiger partial charge in [0.25, 0.3) is 17.4 Å². The van der Waals surface area contributed by atoms with Crippen LogP contribution in [0.15, 0.2) is 76.1 Å². The van der Waals surface area contributed by atoms with Crippen molar-refractivity contribution < 1.29 is 9.59 Å². The average molecular weight is 494 g/mol. The molecule has 1 aliphatic rings. The standard InChI is InChI=1S/C25H24BrN3O3/c26-18-10-8-17(9-11-18)23(30)27-20-12-14-21(15-13-20)29-16-4-7-22(25(29)32)24(31)28-19-5-2-1-3-6-19/h4,7-16,19H,1-3,5-6H2,(H,27,30)(H,28,31). The van der Waals surface area contributed by atoms with Gasteiger partial charge in [-0.1, -0.05) is 35.2 Å². The fraction of sp³-hybridized carbons (Fsp3) is 0.240. The topological polar surface area (TPSA) is 80.2 Å². The Morgan fingerprint density at radius 3 is 2.25 bits per heavy atom. The third kappa shape index (κ3) is 5.16. The molecule has 2 aromatic carbocycles. The lowest BCUT2D eigenvalue weighted by Crippen LogP contribution is -2.39. The Morgan fingerprint density at radius 1 is 0.875 bits per heavy atom. The normalized spacial score (nSPS) is 14.0. The molecular weight excluding hydrogens is 470 g/mol. The molecule has 6 nitrogen and oxygen atoms in total. The third-order valence-corrected chi connectivity index (χ3v) is 6.17. The van der Waals surface area contributed by atoms with Crippen LogP contribution in [0.2, 0.25) is 0 Å². The number of carbonyl (C=O) groups excluding carboxylic acids is 2. The number of aromatic nitrogens is 1. The van der Waals surface area contributed by atoms with Gasteiger partial charge in [-0.2, -0.15) is 0 Å². The Morgan fingerprint density at radius 2 is 1.56 bits per heavy atom. The van der Waals surface area contributed by atoms with Crippen molar-refractivity contribution in [3.05, 3.63) is 92.8 Å². The van der Waals surface area contributed by atoms with E-state index in [1.807, 2.05) is 12.1 Å². The highest BCUT2D eigenvalue weighted by atomic mass is 79.9. The van der Waals surface area contributed by atoms with Crippen LogP contribution in [0.5, 0.6) is 0 Å². The summed E-state index contributed by atoms with van der Waals surface area (Å²) in [6.07, 6.45) is 6.96. The summed E-state index contributed by atoms with van der Waals surface area (Å²) in [6.45, 7) is 0. The van der Waals surface area contributed by atoms with Crippen LogP contribution >= 0.6 is 15.9 Å². The Labute approximate surface area is 194 Å². The van der Waals surface area contributed by atoms with Gasteiger partial charge in [-0.05, 0) is 73.5 Å². The maximum atomic E-state index is 13.0. The van der Waals surface area contributed by atoms with E-state index in [4.69, 9.17) is 0 Å². The van der Waals surface area contributed by atoms with Crippen LogP contribution in [0.3, 0.4) is 0 Å².